The van der Waals surface area contributed by atoms with Gasteiger partial charge in [-0.3, -0.25) is 0 Å². The molecule has 0 aromatic heterocycles. The monoisotopic (exact) mass is 364 g/mol. The van der Waals surface area contributed by atoms with Gasteiger partial charge in [-0.25, -0.2) is 0 Å². The van der Waals surface area contributed by atoms with Crippen LogP contribution in [0, 0.1) is 0 Å². The van der Waals surface area contributed by atoms with Crippen LogP contribution in [0.3, 0.4) is 0 Å². The van der Waals surface area contributed by atoms with Crippen molar-refractivity contribution in [3.8, 4) is 0 Å². The van der Waals surface area contributed by atoms with Crippen LogP contribution in [0.15, 0.2) is 40.4 Å². The molecular weight excluding hydrogens is 346 g/mol. The van der Waals surface area contributed by atoms with Crippen LogP contribution in [0.4, 0.5) is 0 Å². The second-order valence-electron chi connectivity index (χ2n) is 3.95. The summed E-state index contributed by atoms with van der Waals surface area (Å²) in [4.78, 5) is 0. The first kappa shape index (κ1) is 14.3. The SMILES string of the molecule is C=[C](C)[Sb]([Br])([C](=C)C)([C](=C)C)[C](=C)C. The van der Waals surface area contributed by atoms with Crippen molar-refractivity contribution in [2.45, 2.75) is 27.7 Å². The molecule has 0 bridgehead atoms. The number of rotatable bonds is 4. The Morgan fingerprint density at radius 1 is 0.714 bits per heavy atom. The minimum atomic E-state index is -3.45. The molecular formula is C12H20BrSb. The van der Waals surface area contributed by atoms with E-state index in [4.69, 9.17) is 0 Å². The molecule has 0 rings (SSSR count). The van der Waals surface area contributed by atoms with Crippen molar-refractivity contribution in [3.05, 3.63) is 40.4 Å². The summed E-state index contributed by atoms with van der Waals surface area (Å²) in [6.45, 7) is 24.7. The Hall–Kier alpha value is 0.258. The van der Waals surface area contributed by atoms with Crippen molar-refractivity contribution in [3.63, 3.8) is 0 Å². The van der Waals surface area contributed by atoms with Crippen molar-refractivity contribution in [1.29, 1.82) is 0 Å². The average molecular weight is 366 g/mol. The quantitative estimate of drug-likeness (QED) is 0.631. The van der Waals surface area contributed by atoms with Gasteiger partial charge in [0.15, 0.2) is 0 Å². The molecule has 0 spiro atoms. The molecule has 14 heavy (non-hydrogen) atoms. The fourth-order valence-electron chi connectivity index (χ4n) is 1.95. The Kier molecular flexibility index (Phi) is 4.10. The number of allylic oxidation sites excluding steroid dienone is 4. The van der Waals surface area contributed by atoms with E-state index in [9.17, 15) is 0 Å². The molecule has 0 heterocycles. The van der Waals surface area contributed by atoms with Gasteiger partial charge in [-0.15, -0.1) is 0 Å². The maximum atomic E-state index is 4.12. The Balaban J connectivity index is 6.18. The van der Waals surface area contributed by atoms with Crippen molar-refractivity contribution < 1.29 is 0 Å². The second kappa shape index (κ2) is 4.02. The summed E-state index contributed by atoms with van der Waals surface area (Å²) in [5.74, 6) is 0. The number of hydrogen-bond acceptors (Lipinski definition) is 0. The van der Waals surface area contributed by atoms with Crippen molar-refractivity contribution in [1.82, 2.24) is 0 Å². The molecule has 80 valence electrons. The van der Waals surface area contributed by atoms with E-state index in [1.807, 2.05) is 0 Å². The Morgan fingerprint density at radius 3 is 0.857 bits per heavy atom. The molecule has 0 fully saturated rings. The molecule has 0 N–H and O–H groups in total. The van der Waals surface area contributed by atoms with E-state index in [1.165, 1.54) is 0 Å². The van der Waals surface area contributed by atoms with E-state index in [0.29, 0.717) is 0 Å². The average Bonchev–Trinajstić information content (AvgIpc) is 2.00. The molecule has 0 radical (unpaired) electrons. The van der Waals surface area contributed by atoms with Gasteiger partial charge >= 0.3 is 95.8 Å². The summed E-state index contributed by atoms with van der Waals surface area (Å²) < 4.78 is 4.58. The molecule has 0 aliphatic heterocycles. The second-order valence-corrected chi connectivity index (χ2v) is 27.9. The van der Waals surface area contributed by atoms with E-state index in [0.717, 1.165) is 14.1 Å². The Bertz CT molecular complexity index is 269. The van der Waals surface area contributed by atoms with Gasteiger partial charge in [0, 0.05) is 0 Å². The molecule has 0 saturated heterocycles. The van der Waals surface area contributed by atoms with Gasteiger partial charge in [-0.1, -0.05) is 0 Å². The Labute approximate surface area is 95.2 Å². The zero-order valence-corrected chi connectivity index (χ0v) is 13.8. The number of hydrogen-bond donors (Lipinski definition) is 0. The zero-order chi connectivity index (χ0) is 11.8. The van der Waals surface area contributed by atoms with Gasteiger partial charge in [0.1, 0.15) is 0 Å². The van der Waals surface area contributed by atoms with Crippen molar-refractivity contribution in [2.75, 3.05) is 0 Å². The van der Waals surface area contributed by atoms with Crippen LogP contribution >= 0.6 is 12.6 Å². The molecule has 0 aromatic rings. The van der Waals surface area contributed by atoms with Crippen LogP contribution in [-0.4, -0.2) is 15.1 Å². The van der Waals surface area contributed by atoms with E-state index < -0.39 is 15.1 Å². The van der Waals surface area contributed by atoms with Gasteiger partial charge in [-0.05, 0) is 0 Å². The normalized spacial score (nSPS) is 13.9. The third-order valence-corrected chi connectivity index (χ3v) is 35.5. The standard InChI is InChI=1S/4C3H5.BrH.Sb/c4*1-3-2;;/h4*1H2,2H3;1H;/q;;;;;+1/p-1. The van der Waals surface area contributed by atoms with E-state index in [1.54, 1.807) is 0 Å². The summed E-state index contributed by atoms with van der Waals surface area (Å²) in [5, 5.41) is 0. The van der Waals surface area contributed by atoms with Crippen LogP contribution < -0.4 is 0 Å². The Morgan fingerprint density at radius 2 is 0.857 bits per heavy atom. The van der Waals surface area contributed by atoms with Gasteiger partial charge in [0.2, 0.25) is 0 Å². The van der Waals surface area contributed by atoms with Crippen molar-refractivity contribution in [2.24, 2.45) is 0 Å². The van der Waals surface area contributed by atoms with Gasteiger partial charge < -0.3 is 0 Å². The predicted octanol–water partition coefficient (Wildman–Crippen LogP) is 4.74. The molecule has 0 aliphatic rings. The molecule has 0 aromatic carbocycles. The van der Waals surface area contributed by atoms with Gasteiger partial charge in [0.25, 0.3) is 0 Å². The third kappa shape index (κ3) is 1.49. The van der Waals surface area contributed by atoms with Crippen LogP contribution in [-0.2, 0) is 0 Å². The number of halogens is 1. The molecule has 2 heteroatoms. The van der Waals surface area contributed by atoms with E-state index in [2.05, 4.69) is 66.6 Å². The summed E-state index contributed by atoms with van der Waals surface area (Å²) in [7, 11) is 0. The minimum absolute atomic E-state index is 1.14. The van der Waals surface area contributed by atoms with Crippen LogP contribution in [0.5, 0.6) is 0 Å². The fraction of sp³-hybridized carbons (Fsp3) is 0.333. The van der Waals surface area contributed by atoms with Crippen LogP contribution in [0.2, 0.25) is 0 Å². The van der Waals surface area contributed by atoms with Crippen LogP contribution in [0.25, 0.3) is 0 Å². The maximum absolute atomic E-state index is 4.12. The molecule has 0 aliphatic carbocycles. The van der Waals surface area contributed by atoms with E-state index >= 15 is 0 Å². The summed E-state index contributed by atoms with van der Waals surface area (Å²) >= 11 is 0.508. The first-order chi connectivity index (χ1) is 6.10. The summed E-state index contributed by atoms with van der Waals surface area (Å²) in [5.41, 5.74) is 0. The van der Waals surface area contributed by atoms with Gasteiger partial charge in [-0.2, -0.15) is 0 Å². The topological polar surface area (TPSA) is 0 Å². The molecule has 0 atom stereocenters. The first-order valence-corrected chi connectivity index (χ1v) is 15.3. The van der Waals surface area contributed by atoms with Crippen LogP contribution in [0.1, 0.15) is 27.7 Å². The zero-order valence-electron chi connectivity index (χ0n) is 9.65. The van der Waals surface area contributed by atoms with E-state index in [-0.39, 0.29) is 0 Å². The third-order valence-electron chi connectivity index (χ3n) is 2.87. The summed E-state index contributed by atoms with van der Waals surface area (Å²) in [6.07, 6.45) is 0. The molecule has 0 saturated carbocycles. The predicted molar refractivity (Wildman–Crippen MR) is 73.9 cm³/mol. The molecule has 0 nitrogen and oxygen atoms in total. The summed E-state index contributed by atoms with van der Waals surface area (Å²) in [6, 6.07) is 0. The van der Waals surface area contributed by atoms with Crippen molar-refractivity contribution >= 4 is 27.7 Å². The molecule has 0 unspecified atom stereocenters. The fourth-order valence-corrected chi connectivity index (χ4v) is 13.1. The first-order valence-electron chi connectivity index (χ1n) is 4.48. The molecule has 0 amide bonds. The van der Waals surface area contributed by atoms with Gasteiger partial charge in [0.05, 0.1) is 0 Å².